The highest BCUT2D eigenvalue weighted by Crippen LogP contribution is 2.64. The molecule has 11 aromatic rings. The molecule has 1 spiro atoms. The second-order valence-electron chi connectivity index (χ2n) is 16.2. The van der Waals surface area contributed by atoms with E-state index in [-0.39, 0.29) is 5.41 Å². The quantitative estimate of drug-likeness (QED) is 0.174. The van der Waals surface area contributed by atoms with Crippen LogP contribution in [0.25, 0.3) is 101 Å². The van der Waals surface area contributed by atoms with Gasteiger partial charge in [-0.25, -0.2) is 15.0 Å². The van der Waals surface area contributed by atoms with Gasteiger partial charge in [-0.15, -0.1) is 0 Å². The summed E-state index contributed by atoms with van der Waals surface area (Å²) in [5.74, 6) is 1.85. The molecule has 0 unspecified atom stereocenters. The van der Waals surface area contributed by atoms with Crippen LogP contribution in [0.15, 0.2) is 217 Å². The summed E-state index contributed by atoms with van der Waals surface area (Å²) in [5.41, 5.74) is 19.3. The number of fused-ring (bicyclic) bond motifs is 13. The molecule has 0 atom stereocenters. The number of aromatic nitrogens is 3. The molecule has 0 fully saturated rings. The third-order valence-corrected chi connectivity index (χ3v) is 13.0. The third kappa shape index (κ3) is 4.98. The van der Waals surface area contributed by atoms with Gasteiger partial charge in [-0.05, 0) is 85.0 Å². The van der Waals surface area contributed by atoms with Crippen molar-refractivity contribution in [3.63, 3.8) is 0 Å². The molecule has 0 saturated heterocycles. The van der Waals surface area contributed by atoms with Gasteiger partial charge in [0.05, 0.1) is 5.41 Å². The second kappa shape index (κ2) is 13.4. The Morgan fingerprint density at radius 2 is 0.790 bits per heavy atom. The van der Waals surface area contributed by atoms with Crippen molar-refractivity contribution < 1.29 is 4.42 Å². The minimum atomic E-state index is -0.371. The maximum atomic E-state index is 6.50. The first-order chi connectivity index (χ1) is 30.7. The molecular formula is C58H35N3O. The van der Waals surface area contributed by atoms with E-state index in [1.807, 2.05) is 72.8 Å². The maximum absolute atomic E-state index is 6.50. The van der Waals surface area contributed by atoms with E-state index < -0.39 is 0 Å². The molecule has 13 rings (SSSR count). The molecule has 2 aliphatic rings. The van der Waals surface area contributed by atoms with Gasteiger partial charge in [0.15, 0.2) is 17.5 Å². The molecule has 0 N–H and O–H groups in total. The van der Waals surface area contributed by atoms with Crippen LogP contribution in [0.2, 0.25) is 0 Å². The smallest absolute Gasteiger partial charge is 0.164 e. The van der Waals surface area contributed by atoms with Gasteiger partial charge in [0.1, 0.15) is 11.2 Å². The number of nitrogens with zero attached hydrogens (tertiary/aromatic N) is 3. The largest absolute Gasteiger partial charge is 0.456 e. The fourth-order valence-electron chi connectivity index (χ4n) is 10.3. The van der Waals surface area contributed by atoms with Crippen molar-refractivity contribution in [2.75, 3.05) is 0 Å². The Bertz CT molecular complexity index is 3470. The van der Waals surface area contributed by atoms with Crippen molar-refractivity contribution >= 4 is 21.9 Å². The van der Waals surface area contributed by atoms with E-state index in [1.165, 1.54) is 55.6 Å². The van der Waals surface area contributed by atoms with Crippen molar-refractivity contribution in [3.8, 4) is 78.7 Å². The lowest BCUT2D eigenvalue weighted by Gasteiger charge is -2.30. The summed E-state index contributed by atoms with van der Waals surface area (Å²) in [4.78, 5) is 15.1. The lowest BCUT2D eigenvalue weighted by molar-refractivity contribution is 0.669. The van der Waals surface area contributed by atoms with Gasteiger partial charge in [-0.1, -0.05) is 194 Å². The van der Waals surface area contributed by atoms with Crippen LogP contribution >= 0.6 is 0 Å². The summed E-state index contributed by atoms with van der Waals surface area (Å²) in [6.45, 7) is 0. The molecule has 2 aliphatic carbocycles. The molecule has 4 heteroatoms. The zero-order valence-electron chi connectivity index (χ0n) is 33.5. The summed E-state index contributed by atoms with van der Waals surface area (Å²) in [6, 6.07) is 75.7. The summed E-state index contributed by atoms with van der Waals surface area (Å²) >= 11 is 0. The Balaban J connectivity index is 0.929. The Kier molecular flexibility index (Phi) is 7.49. The van der Waals surface area contributed by atoms with Gasteiger partial charge in [0.2, 0.25) is 0 Å². The van der Waals surface area contributed by atoms with Crippen molar-refractivity contribution in [1.82, 2.24) is 15.0 Å². The normalized spacial score (nSPS) is 13.0. The Hall–Kier alpha value is -8.21. The first-order valence-corrected chi connectivity index (χ1v) is 21.1. The lowest BCUT2D eigenvalue weighted by Crippen LogP contribution is -2.25. The molecule has 2 heterocycles. The van der Waals surface area contributed by atoms with Crippen LogP contribution < -0.4 is 0 Å². The molecule has 288 valence electrons. The molecule has 4 nitrogen and oxygen atoms in total. The highest BCUT2D eigenvalue weighted by atomic mass is 16.3. The Morgan fingerprint density at radius 3 is 1.45 bits per heavy atom. The van der Waals surface area contributed by atoms with Crippen LogP contribution in [-0.2, 0) is 5.41 Å². The highest BCUT2D eigenvalue weighted by Gasteiger charge is 2.51. The van der Waals surface area contributed by atoms with Crippen molar-refractivity contribution in [1.29, 1.82) is 0 Å². The molecule has 62 heavy (non-hydrogen) atoms. The molecule has 0 amide bonds. The molecule has 0 saturated carbocycles. The van der Waals surface area contributed by atoms with Gasteiger partial charge >= 0.3 is 0 Å². The monoisotopic (exact) mass is 789 g/mol. The molecule has 2 aromatic heterocycles. The molecule has 9 aromatic carbocycles. The molecule has 0 bridgehead atoms. The Morgan fingerprint density at radius 1 is 0.306 bits per heavy atom. The standard InChI is InChI=1S/C58H35N3O/c1-3-15-38(16-4-1)55-59-56(39-17-5-2-6-18-39)61-57(60-55)45-23-14-28-52-54(45)46-35-40(33-34-51(46)62-52)36-29-31-37(32-30-36)41-22-13-27-50-53(41)44-21-9-12-26-49(44)58(50)47-24-10-7-19-42(47)43-20-8-11-25-48(43)58/h1-35H. The number of furan rings is 1. The zero-order chi connectivity index (χ0) is 40.8. The fourth-order valence-corrected chi connectivity index (χ4v) is 10.3. The van der Waals surface area contributed by atoms with Crippen LogP contribution in [0.1, 0.15) is 22.3 Å². The zero-order valence-corrected chi connectivity index (χ0v) is 33.5. The van der Waals surface area contributed by atoms with E-state index in [2.05, 4.69) is 140 Å². The highest BCUT2D eigenvalue weighted by molar-refractivity contribution is 6.13. The number of rotatable bonds is 5. The van der Waals surface area contributed by atoms with Crippen molar-refractivity contribution in [2.24, 2.45) is 0 Å². The first kappa shape index (κ1) is 34.6. The van der Waals surface area contributed by atoms with E-state index in [0.717, 1.165) is 49.8 Å². The third-order valence-electron chi connectivity index (χ3n) is 13.0. The average molecular weight is 790 g/mol. The molecule has 0 aliphatic heterocycles. The van der Waals surface area contributed by atoms with Gasteiger partial charge in [0.25, 0.3) is 0 Å². The topological polar surface area (TPSA) is 51.8 Å². The summed E-state index contributed by atoms with van der Waals surface area (Å²) in [7, 11) is 0. The molecule has 0 radical (unpaired) electrons. The van der Waals surface area contributed by atoms with Crippen LogP contribution in [0.3, 0.4) is 0 Å². The molecular weight excluding hydrogens is 755 g/mol. The summed E-state index contributed by atoms with van der Waals surface area (Å²) in [6.07, 6.45) is 0. The van der Waals surface area contributed by atoms with E-state index in [4.69, 9.17) is 19.4 Å². The average Bonchev–Trinajstić information content (AvgIpc) is 3.98. The Labute approximate surface area is 358 Å². The van der Waals surface area contributed by atoms with Crippen LogP contribution in [0.5, 0.6) is 0 Å². The number of hydrogen-bond donors (Lipinski definition) is 0. The van der Waals surface area contributed by atoms with Crippen LogP contribution in [0, 0.1) is 0 Å². The fraction of sp³-hybridized carbons (Fsp3) is 0.0172. The minimum absolute atomic E-state index is 0.371. The van der Waals surface area contributed by atoms with Gasteiger partial charge in [-0.3, -0.25) is 0 Å². The summed E-state index contributed by atoms with van der Waals surface area (Å²) in [5, 5.41) is 1.99. The van der Waals surface area contributed by atoms with Crippen molar-refractivity contribution in [3.05, 3.63) is 235 Å². The van der Waals surface area contributed by atoms with Gasteiger partial charge in [-0.2, -0.15) is 0 Å². The van der Waals surface area contributed by atoms with Gasteiger partial charge in [0, 0.05) is 27.5 Å². The predicted octanol–water partition coefficient (Wildman–Crippen LogP) is 14.4. The van der Waals surface area contributed by atoms with E-state index >= 15 is 0 Å². The lowest BCUT2D eigenvalue weighted by atomic mass is 9.70. The predicted molar refractivity (Wildman–Crippen MR) is 251 cm³/mol. The van der Waals surface area contributed by atoms with E-state index in [0.29, 0.717) is 17.5 Å². The minimum Gasteiger partial charge on any atom is -0.456 e. The van der Waals surface area contributed by atoms with Crippen molar-refractivity contribution in [2.45, 2.75) is 5.41 Å². The first-order valence-electron chi connectivity index (χ1n) is 21.1. The van der Waals surface area contributed by atoms with E-state index in [9.17, 15) is 0 Å². The maximum Gasteiger partial charge on any atom is 0.164 e. The summed E-state index contributed by atoms with van der Waals surface area (Å²) < 4.78 is 6.50. The number of benzene rings is 9. The number of hydrogen-bond acceptors (Lipinski definition) is 4. The van der Waals surface area contributed by atoms with E-state index in [1.54, 1.807) is 0 Å². The van der Waals surface area contributed by atoms with Gasteiger partial charge < -0.3 is 4.42 Å². The SMILES string of the molecule is c1ccc(-c2nc(-c3ccccc3)nc(-c3cccc4oc5ccc(-c6ccc(-c7cccc8c7-c7ccccc7C87c8ccccc8-c8ccccc87)cc6)cc5c34)n2)cc1. The van der Waals surface area contributed by atoms with Crippen LogP contribution in [-0.4, -0.2) is 15.0 Å². The second-order valence-corrected chi connectivity index (χ2v) is 16.2. The van der Waals surface area contributed by atoms with Crippen LogP contribution in [0.4, 0.5) is 0 Å².